The van der Waals surface area contributed by atoms with Crippen molar-refractivity contribution in [1.82, 2.24) is 0 Å². The molecule has 15 heavy (non-hydrogen) atoms. The molecular formula is C10H8BrFO3. The molecule has 0 bridgehead atoms. The molecule has 3 nitrogen and oxygen atoms in total. The normalized spacial score (nSPS) is 12.2. The highest BCUT2D eigenvalue weighted by molar-refractivity contribution is 9.09. The van der Waals surface area contributed by atoms with E-state index in [2.05, 4.69) is 15.9 Å². The molecule has 0 spiro atoms. The quantitative estimate of drug-likeness (QED) is 0.862. The van der Waals surface area contributed by atoms with E-state index in [1.54, 1.807) is 0 Å². The van der Waals surface area contributed by atoms with Crippen molar-refractivity contribution >= 4 is 27.7 Å². The highest BCUT2D eigenvalue weighted by Crippen LogP contribution is 2.27. The van der Waals surface area contributed by atoms with Crippen LogP contribution in [0.25, 0.3) is 0 Å². The number of halogens is 2. The maximum absolute atomic E-state index is 12.9. The number of carbonyl (C=O) groups is 2. The van der Waals surface area contributed by atoms with Crippen molar-refractivity contribution in [1.29, 1.82) is 0 Å². The topological polar surface area (TPSA) is 54.4 Å². The van der Waals surface area contributed by atoms with Gasteiger partial charge in [-0.25, -0.2) is 9.18 Å². The van der Waals surface area contributed by atoms with E-state index in [1.165, 1.54) is 6.92 Å². The van der Waals surface area contributed by atoms with Gasteiger partial charge in [0, 0.05) is 0 Å². The van der Waals surface area contributed by atoms with Gasteiger partial charge in [0.2, 0.25) is 0 Å². The van der Waals surface area contributed by atoms with Gasteiger partial charge in [-0.05, 0) is 30.7 Å². The van der Waals surface area contributed by atoms with E-state index < -0.39 is 16.6 Å². The van der Waals surface area contributed by atoms with E-state index in [1.807, 2.05) is 0 Å². The number of carboxylic acids is 1. The zero-order chi connectivity index (χ0) is 11.6. The van der Waals surface area contributed by atoms with Gasteiger partial charge >= 0.3 is 5.97 Å². The van der Waals surface area contributed by atoms with Gasteiger partial charge in [-0.3, -0.25) is 4.79 Å². The molecule has 1 atom stereocenters. The van der Waals surface area contributed by atoms with Crippen molar-refractivity contribution in [3.8, 4) is 0 Å². The molecule has 1 unspecified atom stereocenters. The first-order chi connectivity index (χ1) is 6.93. The summed E-state index contributed by atoms with van der Waals surface area (Å²) in [6, 6.07) is 3.24. The molecule has 0 fully saturated rings. The van der Waals surface area contributed by atoms with Crippen molar-refractivity contribution in [2.24, 2.45) is 0 Å². The molecule has 0 amide bonds. The first-order valence-corrected chi connectivity index (χ1v) is 5.02. The largest absolute Gasteiger partial charge is 0.478 e. The highest BCUT2D eigenvalue weighted by Gasteiger charge is 2.20. The first kappa shape index (κ1) is 11.8. The Morgan fingerprint density at radius 3 is 2.53 bits per heavy atom. The zero-order valence-electron chi connectivity index (χ0n) is 7.83. The van der Waals surface area contributed by atoms with Crippen LogP contribution in [0.3, 0.4) is 0 Å². The van der Waals surface area contributed by atoms with E-state index in [0.29, 0.717) is 0 Å². The lowest BCUT2D eigenvalue weighted by Gasteiger charge is -2.09. The SMILES string of the molecule is CC(=O)C(Br)c1cc(F)ccc1C(=O)O. The minimum Gasteiger partial charge on any atom is -0.478 e. The van der Waals surface area contributed by atoms with Crippen LogP contribution in [0.1, 0.15) is 27.7 Å². The summed E-state index contributed by atoms with van der Waals surface area (Å²) in [6.45, 7) is 1.30. The van der Waals surface area contributed by atoms with Gasteiger partial charge in [0.05, 0.1) is 10.4 Å². The molecule has 1 aromatic carbocycles. The third-order valence-corrected chi connectivity index (χ3v) is 3.01. The Hall–Kier alpha value is -1.23. The van der Waals surface area contributed by atoms with Gasteiger partial charge < -0.3 is 5.11 Å². The molecule has 0 aliphatic carbocycles. The maximum atomic E-state index is 12.9. The van der Waals surface area contributed by atoms with Crippen LogP contribution < -0.4 is 0 Å². The highest BCUT2D eigenvalue weighted by atomic mass is 79.9. The second-order valence-corrected chi connectivity index (χ2v) is 3.93. The molecule has 1 aromatic rings. The van der Waals surface area contributed by atoms with Crippen molar-refractivity contribution in [3.05, 3.63) is 35.1 Å². The summed E-state index contributed by atoms with van der Waals surface area (Å²) in [4.78, 5) is 21.1. The number of Topliss-reactive ketones (excluding diaryl/α,β-unsaturated/α-hetero) is 1. The van der Waals surface area contributed by atoms with Crippen LogP contribution in [0.2, 0.25) is 0 Å². The molecular weight excluding hydrogens is 267 g/mol. The minimum absolute atomic E-state index is 0.0755. The van der Waals surface area contributed by atoms with Gasteiger partial charge in [0.15, 0.2) is 0 Å². The molecule has 5 heteroatoms. The lowest BCUT2D eigenvalue weighted by molar-refractivity contribution is -0.116. The molecule has 0 aromatic heterocycles. The summed E-state index contributed by atoms with van der Waals surface area (Å²) in [5.74, 6) is -2.03. The summed E-state index contributed by atoms with van der Waals surface area (Å²) in [7, 11) is 0. The molecule has 0 radical (unpaired) electrons. The lowest BCUT2D eigenvalue weighted by Crippen LogP contribution is -2.09. The fourth-order valence-electron chi connectivity index (χ4n) is 1.16. The van der Waals surface area contributed by atoms with Crippen LogP contribution in [0, 0.1) is 5.82 Å². The maximum Gasteiger partial charge on any atom is 0.336 e. The van der Waals surface area contributed by atoms with Crippen LogP contribution >= 0.6 is 15.9 Å². The number of aromatic carboxylic acids is 1. The van der Waals surface area contributed by atoms with Crippen LogP contribution in [-0.4, -0.2) is 16.9 Å². The number of rotatable bonds is 3. The van der Waals surface area contributed by atoms with Crippen LogP contribution in [0.4, 0.5) is 4.39 Å². The Kier molecular flexibility index (Phi) is 3.57. The molecule has 80 valence electrons. The predicted molar refractivity (Wildman–Crippen MR) is 55.7 cm³/mol. The Balaban J connectivity index is 3.30. The second-order valence-electron chi connectivity index (χ2n) is 3.01. The van der Waals surface area contributed by atoms with Gasteiger partial charge in [0.1, 0.15) is 11.6 Å². The molecule has 0 aliphatic heterocycles. The van der Waals surface area contributed by atoms with Crippen molar-refractivity contribution in [2.75, 3.05) is 0 Å². The molecule has 0 aliphatic rings. The Morgan fingerprint density at radius 1 is 1.47 bits per heavy atom. The van der Waals surface area contributed by atoms with E-state index in [-0.39, 0.29) is 16.9 Å². The number of hydrogen-bond donors (Lipinski definition) is 1. The third-order valence-electron chi connectivity index (χ3n) is 1.87. The minimum atomic E-state index is -1.18. The summed E-state index contributed by atoms with van der Waals surface area (Å²) >= 11 is 3.02. The molecule has 0 saturated heterocycles. The Morgan fingerprint density at radius 2 is 2.07 bits per heavy atom. The molecule has 0 heterocycles. The fraction of sp³-hybridized carbons (Fsp3) is 0.200. The molecule has 1 N–H and O–H groups in total. The van der Waals surface area contributed by atoms with Gasteiger partial charge in [-0.2, -0.15) is 0 Å². The zero-order valence-corrected chi connectivity index (χ0v) is 9.42. The second kappa shape index (κ2) is 4.53. The van der Waals surface area contributed by atoms with Crippen LogP contribution in [-0.2, 0) is 4.79 Å². The number of carbonyl (C=O) groups excluding carboxylic acids is 1. The Labute approximate surface area is 94.0 Å². The number of benzene rings is 1. The number of carboxylic acid groups (broad SMARTS) is 1. The predicted octanol–water partition coefficient (Wildman–Crippen LogP) is 2.55. The van der Waals surface area contributed by atoms with Crippen LogP contribution in [0.15, 0.2) is 18.2 Å². The number of ketones is 1. The average Bonchev–Trinajstić information content (AvgIpc) is 2.15. The van der Waals surface area contributed by atoms with Crippen molar-refractivity contribution in [3.63, 3.8) is 0 Å². The van der Waals surface area contributed by atoms with E-state index >= 15 is 0 Å². The van der Waals surface area contributed by atoms with Gasteiger partial charge in [-0.15, -0.1) is 0 Å². The molecule has 0 saturated carbocycles. The van der Waals surface area contributed by atoms with Crippen molar-refractivity contribution < 1.29 is 19.1 Å². The number of alkyl halides is 1. The standard InChI is InChI=1S/C10H8BrFO3/c1-5(13)9(11)8-4-6(12)2-3-7(8)10(14)15/h2-4,9H,1H3,(H,14,15). The van der Waals surface area contributed by atoms with Gasteiger partial charge in [-0.1, -0.05) is 15.9 Å². The summed E-state index contributed by atoms with van der Waals surface area (Å²) in [6.07, 6.45) is 0. The van der Waals surface area contributed by atoms with E-state index in [4.69, 9.17) is 5.11 Å². The molecule has 1 rings (SSSR count). The van der Waals surface area contributed by atoms with Gasteiger partial charge in [0.25, 0.3) is 0 Å². The monoisotopic (exact) mass is 274 g/mol. The Bertz CT molecular complexity index is 417. The summed E-state index contributed by atoms with van der Waals surface area (Å²) in [5, 5.41) is 8.83. The summed E-state index contributed by atoms with van der Waals surface area (Å²) < 4.78 is 12.9. The smallest absolute Gasteiger partial charge is 0.336 e. The third kappa shape index (κ3) is 2.62. The number of hydrogen-bond acceptors (Lipinski definition) is 2. The average molecular weight is 275 g/mol. The fourth-order valence-corrected chi connectivity index (χ4v) is 1.54. The lowest BCUT2D eigenvalue weighted by atomic mass is 10.0. The van der Waals surface area contributed by atoms with Crippen molar-refractivity contribution in [2.45, 2.75) is 11.8 Å². The van der Waals surface area contributed by atoms with E-state index in [0.717, 1.165) is 18.2 Å². The van der Waals surface area contributed by atoms with Crippen LogP contribution in [0.5, 0.6) is 0 Å². The van der Waals surface area contributed by atoms with E-state index in [9.17, 15) is 14.0 Å². The first-order valence-electron chi connectivity index (χ1n) is 4.10. The summed E-state index contributed by atoms with van der Waals surface area (Å²) in [5.41, 5.74) is 0.0588.